The number of hydrogen-bond acceptors (Lipinski definition) is 5. The van der Waals surface area contributed by atoms with Crippen LogP contribution in [0.1, 0.15) is 65.5 Å². The number of benzene rings is 8. The Balaban J connectivity index is 0.938. The van der Waals surface area contributed by atoms with E-state index in [1.807, 2.05) is 30.3 Å². The molecule has 6 aliphatic carbocycles. The van der Waals surface area contributed by atoms with Crippen LogP contribution in [0.2, 0.25) is 0 Å². The molecule has 16 rings (SSSR count). The topological polar surface area (TPSA) is 51.1 Å². The Kier molecular flexibility index (Phi) is 7.82. The van der Waals surface area contributed by atoms with Crippen LogP contribution in [0, 0.1) is 23.7 Å². The number of fused-ring (bicyclic) bond motifs is 11. The van der Waals surface area contributed by atoms with Crippen molar-refractivity contribution in [1.82, 2.24) is 15.0 Å². The maximum absolute atomic E-state index is 6.34. The van der Waals surface area contributed by atoms with Crippen LogP contribution in [0.25, 0.3) is 45.3 Å². The summed E-state index contributed by atoms with van der Waals surface area (Å²) >= 11 is 0. The number of ether oxygens (including phenoxy) is 1. The Labute approximate surface area is 390 Å². The van der Waals surface area contributed by atoms with Gasteiger partial charge in [-0.2, -0.15) is 0 Å². The van der Waals surface area contributed by atoms with Crippen LogP contribution in [-0.4, -0.2) is 15.0 Å². The first-order valence-electron chi connectivity index (χ1n) is 24.2. The van der Waals surface area contributed by atoms with Gasteiger partial charge in [0.05, 0.1) is 16.8 Å². The summed E-state index contributed by atoms with van der Waals surface area (Å²) < 4.78 is 6.34. The Morgan fingerprint density at radius 1 is 0.388 bits per heavy atom. The number of aromatic nitrogens is 3. The molecule has 1 aromatic heterocycles. The Morgan fingerprint density at radius 2 is 0.851 bits per heavy atom. The summed E-state index contributed by atoms with van der Waals surface area (Å²) in [4.78, 5) is 18.3. The zero-order valence-corrected chi connectivity index (χ0v) is 37.0. The largest absolute Gasteiger partial charge is 0.453 e. The van der Waals surface area contributed by atoms with E-state index in [9.17, 15) is 0 Å². The van der Waals surface area contributed by atoms with E-state index >= 15 is 0 Å². The van der Waals surface area contributed by atoms with Gasteiger partial charge in [-0.3, -0.25) is 0 Å². The van der Waals surface area contributed by atoms with E-state index in [-0.39, 0.29) is 5.41 Å². The smallest absolute Gasteiger partial charge is 0.164 e. The van der Waals surface area contributed by atoms with Gasteiger partial charge < -0.3 is 9.64 Å². The van der Waals surface area contributed by atoms with Crippen molar-refractivity contribution in [2.24, 2.45) is 23.7 Å². The van der Waals surface area contributed by atoms with Gasteiger partial charge in [0.1, 0.15) is 0 Å². The van der Waals surface area contributed by atoms with Crippen molar-refractivity contribution in [3.05, 3.63) is 228 Å². The summed E-state index contributed by atoms with van der Waals surface area (Å²) in [6.45, 7) is 0. The molecule has 2 spiro atoms. The minimum absolute atomic E-state index is 0.0994. The fraction of sp³-hybridized carbons (Fsp3) is 0.177. The van der Waals surface area contributed by atoms with Crippen LogP contribution in [0.4, 0.5) is 17.1 Å². The maximum atomic E-state index is 6.34. The summed E-state index contributed by atoms with van der Waals surface area (Å²) in [6.07, 6.45) is 6.62. The molecule has 0 atom stereocenters. The van der Waals surface area contributed by atoms with Crippen LogP contribution in [0.15, 0.2) is 194 Å². The van der Waals surface area contributed by atoms with E-state index in [0.29, 0.717) is 29.3 Å². The number of para-hydroxylation sites is 4. The molecule has 0 unspecified atom stereocenters. The number of nitrogens with zero attached hydrogens (tertiary/aromatic N) is 4. The standard InChI is InChI=1S/C62H46N4O/c1-2-14-40(15-3-1)58-63-59(41-26-29-45(30-27-41)66-54-22-10-12-24-56(54)67-57-25-13-11-23-55(57)66)65-60(64-58)42-28-31-52-53(37-42)61(43-33-38-32-39(35-43)36-44(61)34-38)50-20-8-9-21-51(50)62(52)48-18-6-4-16-46(48)47-17-5-7-19-49(47)62/h1-31,37-39,43-44H,32-36H2. The third-order valence-corrected chi connectivity index (χ3v) is 16.8. The normalized spacial score (nSPS) is 22.6. The van der Waals surface area contributed by atoms with Gasteiger partial charge in [-0.1, -0.05) is 140 Å². The first-order chi connectivity index (χ1) is 33.2. The lowest BCUT2D eigenvalue weighted by Gasteiger charge is -2.65. The van der Waals surface area contributed by atoms with E-state index in [1.54, 1.807) is 5.56 Å². The molecule has 0 N–H and O–H groups in total. The van der Waals surface area contributed by atoms with Crippen molar-refractivity contribution < 1.29 is 4.74 Å². The third-order valence-electron chi connectivity index (χ3n) is 16.8. The van der Waals surface area contributed by atoms with E-state index in [2.05, 4.69) is 169 Å². The molecular weight excluding hydrogens is 817 g/mol. The number of rotatable bonds is 4. The first-order valence-corrected chi connectivity index (χ1v) is 24.2. The second kappa shape index (κ2) is 13.9. The van der Waals surface area contributed by atoms with Gasteiger partial charge in [0, 0.05) is 27.8 Å². The predicted octanol–water partition coefficient (Wildman–Crippen LogP) is 14.9. The summed E-state index contributed by atoms with van der Waals surface area (Å²) in [6, 6.07) is 70.9. The van der Waals surface area contributed by atoms with Gasteiger partial charge in [0.2, 0.25) is 0 Å². The molecule has 0 amide bonds. The molecule has 1 aliphatic heterocycles. The van der Waals surface area contributed by atoms with Gasteiger partial charge in [0.15, 0.2) is 29.0 Å². The number of hydrogen-bond donors (Lipinski definition) is 0. The van der Waals surface area contributed by atoms with Crippen molar-refractivity contribution in [2.45, 2.75) is 42.9 Å². The molecule has 4 bridgehead atoms. The molecule has 0 saturated heterocycles. The van der Waals surface area contributed by atoms with E-state index in [0.717, 1.165) is 57.1 Å². The molecule has 8 aromatic carbocycles. The average molecular weight is 863 g/mol. The minimum Gasteiger partial charge on any atom is -0.453 e. The maximum Gasteiger partial charge on any atom is 0.164 e. The summed E-state index contributed by atoms with van der Waals surface area (Å²) in [5.41, 5.74) is 16.8. The Morgan fingerprint density at radius 3 is 1.46 bits per heavy atom. The highest BCUT2D eigenvalue weighted by atomic mass is 16.5. The van der Waals surface area contributed by atoms with Crippen molar-refractivity contribution in [3.63, 3.8) is 0 Å². The molecule has 5 nitrogen and oxygen atoms in total. The fourth-order valence-corrected chi connectivity index (χ4v) is 14.5. The molecule has 4 fully saturated rings. The predicted molar refractivity (Wildman–Crippen MR) is 266 cm³/mol. The second-order valence-electron chi connectivity index (χ2n) is 19.9. The van der Waals surface area contributed by atoms with Gasteiger partial charge in [0.25, 0.3) is 0 Å². The van der Waals surface area contributed by atoms with Crippen LogP contribution in [-0.2, 0) is 10.8 Å². The second-order valence-corrected chi connectivity index (χ2v) is 19.9. The van der Waals surface area contributed by atoms with Gasteiger partial charge in [-0.15, -0.1) is 0 Å². The minimum atomic E-state index is -0.444. The summed E-state index contributed by atoms with van der Waals surface area (Å²) in [5, 5.41) is 0. The summed E-state index contributed by atoms with van der Waals surface area (Å²) in [7, 11) is 0. The van der Waals surface area contributed by atoms with Gasteiger partial charge in [-0.05, 0) is 155 Å². The van der Waals surface area contributed by atoms with Crippen LogP contribution in [0.5, 0.6) is 11.5 Å². The molecule has 67 heavy (non-hydrogen) atoms. The lowest BCUT2D eigenvalue weighted by atomic mass is 9.38. The molecule has 2 heterocycles. The van der Waals surface area contributed by atoms with Crippen molar-refractivity contribution in [2.75, 3.05) is 4.90 Å². The fourth-order valence-electron chi connectivity index (χ4n) is 14.5. The van der Waals surface area contributed by atoms with Crippen LogP contribution >= 0.6 is 0 Å². The zero-order valence-electron chi connectivity index (χ0n) is 37.0. The van der Waals surface area contributed by atoms with Crippen molar-refractivity contribution in [3.8, 4) is 56.8 Å². The Hall–Kier alpha value is -7.63. The molecule has 320 valence electrons. The SMILES string of the molecule is c1ccc(-c2nc(-c3ccc(N4c5ccccc5Oc5ccccc54)cc3)nc(-c3ccc4c(c3)C3(c5ccccc5C45c4ccccc4-c4ccccc45)C4CC5CC(C4)CC3C5)n2)cc1. The van der Waals surface area contributed by atoms with Crippen molar-refractivity contribution in [1.29, 1.82) is 0 Å². The lowest BCUT2D eigenvalue weighted by molar-refractivity contribution is -0.0440. The lowest BCUT2D eigenvalue weighted by Crippen LogP contribution is -2.59. The monoisotopic (exact) mass is 862 g/mol. The summed E-state index contributed by atoms with van der Waals surface area (Å²) in [5.74, 6) is 6.51. The number of anilines is 3. The van der Waals surface area contributed by atoms with E-state index in [1.165, 1.54) is 71.0 Å². The molecule has 7 aliphatic rings. The molecule has 9 aromatic rings. The third kappa shape index (κ3) is 5.12. The van der Waals surface area contributed by atoms with Crippen molar-refractivity contribution >= 4 is 17.1 Å². The molecule has 4 saturated carbocycles. The van der Waals surface area contributed by atoms with E-state index in [4.69, 9.17) is 19.7 Å². The molecule has 5 heteroatoms. The van der Waals surface area contributed by atoms with E-state index < -0.39 is 5.41 Å². The van der Waals surface area contributed by atoms with Crippen LogP contribution < -0.4 is 9.64 Å². The first kappa shape index (κ1) is 37.6. The van der Waals surface area contributed by atoms with Gasteiger partial charge >= 0.3 is 0 Å². The van der Waals surface area contributed by atoms with Gasteiger partial charge in [-0.25, -0.2) is 15.0 Å². The molecule has 0 radical (unpaired) electrons. The highest BCUT2D eigenvalue weighted by Gasteiger charge is 2.64. The highest BCUT2D eigenvalue weighted by molar-refractivity contribution is 5.90. The molecular formula is C62H46N4O. The Bertz CT molecular complexity index is 3370. The van der Waals surface area contributed by atoms with Crippen LogP contribution in [0.3, 0.4) is 0 Å². The highest BCUT2D eigenvalue weighted by Crippen LogP contribution is 2.71. The average Bonchev–Trinajstić information content (AvgIpc) is 3.68. The quantitative estimate of drug-likeness (QED) is 0.176. The zero-order chi connectivity index (χ0) is 43.8.